The van der Waals surface area contributed by atoms with Crippen molar-refractivity contribution in [2.24, 2.45) is 0 Å². The normalized spacial score (nSPS) is 16.6. The van der Waals surface area contributed by atoms with Crippen LogP contribution in [0.1, 0.15) is 33.1 Å². The molecule has 0 fully saturated rings. The fourth-order valence-corrected chi connectivity index (χ4v) is 2.48. The van der Waals surface area contributed by atoms with Crippen LogP contribution in [0.3, 0.4) is 0 Å². The van der Waals surface area contributed by atoms with Crippen molar-refractivity contribution < 1.29 is 63.1 Å². The maximum absolute atomic E-state index is 13.6. The van der Waals surface area contributed by atoms with Crippen LogP contribution in [0.25, 0.3) is 0 Å². The quantitative estimate of drug-likeness (QED) is 0.119. The van der Waals surface area contributed by atoms with Crippen LogP contribution < -0.4 is 5.32 Å². The van der Waals surface area contributed by atoms with E-state index in [1.54, 1.807) is 0 Å². The summed E-state index contributed by atoms with van der Waals surface area (Å²) in [6.07, 6.45) is -11.1. The number of unbranched alkanes of at least 4 members (excludes halogenated alkanes) is 1. The van der Waals surface area contributed by atoms with Gasteiger partial charge in [0.15, 0.2) is 6.29 Å². The lowest BCUT2D eigenvalue weighted by Gasteiger charge is -2.35. The zero-order valence-electron chi connectivity index (χ0n) is 16.3. The number of amides is 1. The highest BCUT2D eigenvalue weighted by atomic mass is 32.2. The van der Waals surface area contributed by atoms with Gasteiger partial charge in [-0.15, -0.1) is 0 Å². The molecule has 0 saturated heterocycles. The first-order chi connectivity index (χ1) is 13.7. The van der Waals surface area contributed by atoms with Crippen molar-refractivity contribution in [3.63, 3.8) is 0 Å². The van der Waals surface area contributed by atoms with Crippen molar-refractivity contribution in [3.8, 4) is 0 Å². The van der Waals surface area contributed by atoms with Crippen LogP contribution in [0.2, 0.25) is 0 Å². The third-order valence-corrected chi connectivity index (χ3v) is 4.47. The van der Waals surface area contributed by atoms with E-state index in [2.05, 4.69) is 16.1 Å². The first kappa shape index (κ1) is 29.5. The highest BCUT2D eigenvalue weighted by Crippen LogP contribution is 2.42. The van der Waals surface area contributed by atoms with Crippen molar-refractivity contribution in [2.45, 2.75) is 68.6 Å². The molecule has 8 nitrogen and oxygen atoms in total. The van der Waals surface area contributed by atoms with Crippen LogP contribution in [0.15, 0.2) is 12.7 Å². The van der Waals surface area contributed by atoms with Gasteiger partial charge in [-0.1, -0.05) is 6.58 Å². The number of carbonyl (C=O) groups is 1. The van der Waals surface area contributed by atoms with Gasteiger partial charge in [-0.2, -0.15) is 39.2 Å². The molecule has 0 radical (unpaired) electrons. The van der Waals surface area contributed by atoms with Crippen LogP contribution in [-0.4, -0.2) is 66.1 Å². The Balaban J connectivity index is 5.41. The number of halogens is 7. The molecule has 31 heavy (non-hydrogen) atoms. The predicted octanol–water partition coefficient (Wildman–Crippen LogP) is 2.59. The summed E-state index contributed by atoms with van der Waals surface area (Å²) in [4.78, 5) is 12.1. The molecule has 0 aromatic rings. The number of hydrogen-bond donors (Lipinski definition) is 3. The molecule has 0 spiro atoms. The molecule has 0 saturated carbocycles. The van der Waals surface area contributed by atoms with Gasteiger partial charge in [0.05, 0.1) is 6.61 Å². The van der Waals surface area contributed by atoms with Crippen LogP contribution in [-0.2, 0) is 24.4 Å². The molecule has 0 rings (SSSR count). The second-order valence-corrected chi connectivity index (χ2v) is 7.95. The van der Waals surface area contributed by atoms with Crippen molar-refractivity contribution in [3.05, 3.63) is 12.7 Å². The van der Waals surface area contributed by atoms with Crippen LogP contribution >= 0.6 is 0 Å². The second-order valence-electron chi connectivity index (χ2n) is 6.49. The van der Waals surface area contributed by atoms with E-state index in [1.807, 2.05) is 5.32 Å². The molecule has 0 aliphatic rings. The van der Waals surface area contributed by atoms with E-state index < -0.39 is 77.4 Å². The first-order valence-electron chi connectivity index (χ1n) is 8.48. The van der Waals surface area contributed by atoms with Gasteiger partial charge in [0.2, 0.25) is 0 Å². The third-order valence-electron chi connectivity index (χ3n) is 3.52. The number of nitrogens with one attached hydrogen (secondary N) is 1. The van der Waals surface area contributed by atoms with E-state index in [-0.39, 0.29) is 0 Å². The fourth-order valence-electron chi connectivity index (χ4n) is 2.01. The Labute approximate surface area is 173 Å². The molecule has 0 aromatic heterocycles. The minimum atomic E-state index is -6.46. The van der Waals surface area contributed by atoms with Crippen LogP contribution in [0, 0.1) is 0 Å². The van der Waals surface area contributed by atoms with E-state index >= 15 is 0 Å². The zero-order chi connectivity index (χ0) is 24.9. The Morgan fingerprint density at radius 1 is 1.13 bits per heavy atom. The Kier molecular flexibility index (Phi) is 9.92. The SMILES string of the molecule is C=CC(O)OC(OCCCCC(F)(F)C(F)(F)S(=O)(=O)O)(C(=O)NC(C)C)C(F)(F)F. The smallest absolute Gasteiger partial charge is 0.365 e. The van der Waals surface area contributed by atoms with E-state index in [0.29, 0.717) is 6.08 Å². The number of aliphatic hydroxyl groups excluding tert-OH is 1. The number of hydrogen-bond acceptors (Lipinski definition) is 6. The Hall–Kier alpha value is -1.49. The number of ether oxygens (including phenoxy) is 2. The van der Waals surface area contributed by atoms with Crippen molar-refractivity contribution in [1.82, 2.24) is 5.32 Å². The van der Waals surface area contributed by atoms with E-state index in [9.17, 15) is 49.1 Å². The average Bonchev–Trinajstić information content (AvgIpc) is 2.57. The maximum Gasteiger partial charge on any atom is 0.453 e. The number of rotatable bonds is 13. The summed E-state index contributed by atoms with van der Waals surface area (Å²) < 4.78 is 131. The fraction of sp³-hybridized carbons (Fsp3) is 0.800. The summed E-state index contributed by atoms with van der Waals surface area (Å²) in [5, 5.41) is 5.38. The summed E-state index contributed by atoms with van der Waals surface area (Å²) in [6, 6.07) is -0.844. The summed E-state index contributed by atoms with van der Waals surface area (Å²) in [7, 11) is -6.46. The van der Waals surface area contributed by atoms with Gasteiger partial charge in [-0.05, 0) is 32.8 Å². The molecule has 184 valence electrons. The monoisotopic (exact) mass is 493 g/mol. The van der Waals surface area contributed by atoms with Gasteiger partial charge >= 0.3 is 33.3 Å². The molecule has 2 unspecified atom stereocenters. The average molecular weight is 493 g/mol. The Morgan fingerprint density at radius 3 is 2.03 bits per heavy atom. The van der Waals surface area contributed by atoms with Crippen LogP contribution in [0.4, 0.5) is 30.7 Å². The molecular weight excluding hydrogens is 471 g/mol. The molecule has 2 atom stereocenters. The number of aliphatic hydroxyl groups is 1. The molecule has 3 N–H and O–H groups in total. The molecule has 0 aliphatic heterocycles. The Bertz CT molecular complexity index is 728. The highest BCUT2D eigenvalue weighted by molar-refractivity contribution is 7.87. The highest BCUT2D eigenvalue weighted by Gasteiger charge is 2.66. The standard InChI is InChI=1S/C15H22F7NO7S/c1-4-10(24)30-13(14(18,19)20,11(25)23-9(2)3)29-8-6-5-7-12(16,17)15(21,22)31(26,27)28/h4,9-10,24H,1,5-8H2,2-3H3,(H,23,25)(H,26,27,28). The summed E-state index contributed by atoms with van der Waals surface area (Å²) in [6.45, 7) is 4.41. The van der Waals surface area contributed by atoms with Gasteiger partial charge < -0.3 is 19.9 Å². The molecular formula is C15H22F7NO7S. The Morgan fingerprint density at radius 2 is 1.65 bits per heavy atom. The molecule has 0 aromatic carbocycles. The van der Waals surface area contributed by atoms with Crippen molar-refractivity contribution in [1.29, 1.82) is 0 Å². The topological polar surface area (TPSA) is 122 Å². The largest absolute Gasteiger partial charge is 0.453 e. The maximum atomic E-state index is 13.6. The summed E-state index contributed by atoms with van der Waals surface area (Å²) in [5.41, 5.74) is 0. The van der Waals surface area contributed by atoms with Gasteiger partial charge in [0.1, 0.15) is 0 Å². The molecule has 0 bridgehead atoms. The summed E-state index contributed by atoms with van der Waals surface area (Å²) in [5.74, 6) is -11.2. The van der Waals surface area contributed by atoms with E-state index in [1.165, 1.54) is 13.8 Å². The second kappa shape index (κ2) is 10.4. The molecule has 16 heteroatoms. The van der Waals surface area contributed by atoms with Crippen molar-refractivity contribution in [2.75, 3.05) is 6.61 Å². The first-order valence-corrected chi connectivity index (χ1v) is 9.92. The molecule has 0 heterocycles. The van der Waals surface area contributed by atoms with E-state index in [0.717, 1.165) is 0 Å². The van der Waals surface area contributed by atoms with Crippen LogP contribution in [0.5, 0.6) is 0 Å². The summed E-state index contributed by atoms with van der Waals surface area (Å²) >= 11 is 0. The van der Waals surface area contributed by atoms with Gasteiger partial charge in [0.25, 0.3) is 5.91 Å². The lowest BCUT2D eigenvalue weighted by molar-refractivity contribution is -0.383. The molecule has 1 amide bonds. The minimum absolute atomic E-state index is 0.491. The van der Waals surface area contributed by atoms with Gasteiger partial charge in [-0.25, -0.2) is 0 Å². The third kappa shape index (κ3) is 7.27. The number of carbonyl (C=O) groups excluding carboxylic acids is 1. The van der Waals surface area contributed by atoms with Gasteiger partial charge in [0, 0.05) is 12.5 Å². The van der Waals surface area contributed by atoms with E-state index in [4.69, 9.17) is 4.55 Å². The molecule has 0 aliphatic carbocycles. The lowest BCUT2D eigenvalue weighted by atomic mass is 10.1. The predicted molar refractivity (Wildman–Crippen MR) is 90.6 cm³/mol. The number of alkyl halides is 7. The van der Waals surface area contributed by atoms with Gasteiger partial charge in [-0.3, -0.25) is 9.35 Å². The van der Waals surface area contributed by atoms with Crippen molar-refractivity contribution >= 4 is 16.0 Å². The lowest BCUT2D eigenvalue weighted by Crippen LogP contribution is -2.62. The minimum Gasteiger partial charge on any atom is -0.365 e. The zero-order valence-corrected chi connectivity index (χ0v) is 17.1.